The second-order valence-corrected chi connectivity index (χ2v) is 4.59. The summed E-state index contributed by atoms with van der Waals surface area (Å²) in [6, 6.07) is 7.77. The molecule has 0 bridgehead atoms. The van der Waals surface area contributed by atoms with Gasteiger partial charge in [-0.2, -0.15) is 0 Å². The molecule has 6 heteroatoms. The first kappa shape index (κ1) is 14.3. The molecule has 6 nitrogen and oxygen atoms in total. The van der Waals surface area contributed by atoms with Crippen molar-refractivity contribution < 1.29 is 19.4 Å². The van der Waals surface area contributed by atoms with Crippen LogP contribution in [-0.4, -0.2) is 43.3 Å². The number of hydrogen-bond acceptors (Lipinski definition) is 4. The third-order valence-corrected chi connectivity index (χ3v) is 3.17. The van der Waals surface area contributed by atoms with Crippen LogP contribution < -0.4 is 10.6 Å². The van der Waals surface area contributed by atoms with Crippen molar-refractivity contribution in [3.05, 3.63) is 29.8 Å². The van der Waals surface area contributed by atoms with Crippen LogP contribution in [0.3, 0.4) is 0 Å². The normalized spacial score (nSPS) is 16.9. The standard InChI is InChI=1S/C14H18N2O4/c17-13(18)9-20-8-7-16-14(19)11-5-6-15-12-4-2-1-3-10(11)12/h1-4,11,15H,5-9H2,(H,16,19)(H,17,18). The van der Waals surface area contributed by atoms with Gasteiger partial charge >= 0.3 is 5.97 Å². The number of carbonyl (C=O) groups excluding carboxylic acids is 1. The van der Waals surface area contributed by atoms with Gasteiger partial charge in [-0.1, -0.05) is 18.2 Å². The number of anilines is 1. The Bertz CT molecular complexity index is 490. The smallest absolute Gasteiger partial charge is 0.329 e. The molecule has 0 aromatic heterocycles. The third-order valence-electron chi connectivity index (χ3n) is 3.17. The highest BCUT2D eigenvalue weighted by atomic mass is 16.5. The average Bonchev–Trinajstić information content (AvgIpc) is 2.45. The summed E-state index contributed by atoms with van der Waals surface area (Å²) in [5, 5.41) is 14.5. The van der Waals surface area contributed by atoms with Gasteiger partial charge in [0.25, 0.3) is 0 Å². The molecule has 1 aliphatic heterocycles. The summed E-state index contributed by atoms with van der Waals surface area (Å²) in [5.74, 6) is -1.21. The summed E-state index contributed by atoms with van der Waals surface area (Å²) >= 11 is 0. The zero-order valence-corrected chi connectivity index (χ0v) is 11.1. The molecule has 1 unspecified atom stereocenters. The molecule has 0 aliphatic carbocycles. The zero-order chi connectivity index (χ0) is 14.4. The molecule has 1 amide bonds. The van der Waals surface area contributed by atoms with Gasteiger partial charge in [-0.3, -0.25) is 4.79 Å². The maximum atomic E-state index is 12.1. The number of ether oxygens (including phenoxy) is 1. The Morgan fingerprint density at radius 3 is 3.00 bits per heavy atom. The van der Waals surface area contributed by atoms with Gasteiger partial charge in [-0.25, -0.2) is 4.79 Å². The number of para-hydroxylation sites is 1. The van der Waals surface area contributed by atoms with Crippen molar-refractivity contribution in [2.45, 2.75) is 12.3 Å². The largest absolute Gasteiger partial charge is 0.480 e. The fourth-order valence-electron chi connectivity index (χ4n) is 2.27. The van der Waals surface area contributed by atoms with Crippen molar-refractivity contribution in [2.75, 3.05) is 31.6 Å². The summed E-state index contributed by atoms with van der Waals surface area (Å²) in [4.78, 5) is 22.4. The minimum Gasteiger partial charge on any atom is -0.480 e. The number of benzene rings is 1. The molecule has 1 atom stereocenters. The molecule has 0 spiro atoms. The van der Waals surface area contributed by atoms with Crippen molar-refractivity contribution in [1.29, 1.82) is 0 Å². The van der Waals surface area contributed by atoms with Crippen LogP contribution in [0.25, 0.3) is 0 Å². The van der Waals surface area contributed by atoms with Crippen LogP contribution in [0.4, 0.5) is 5.69 Å². The third kappa shape index (κ3) is 3.71. The number of fused-ring (bicyclic) bond motifs is 1. The van der Waals surface area contributed by atoms with Crippen molar-refractivity contribution in [2.24, 2.45) is 0 Å². The molecule has 3 N–H and O–H groups in total. The molecule has 1 aromatic rings. The van der Waals surface area contributed by atoms with Gasteiger partial charge in [0.15, 0.2) is 0 Å². The fourth-order valence-corrected chi connectivity index (χ4v) is 2.27. The monoisotopic (exact) mass is 278 g/mol. The molecule has 2 rings (SSSR count). The summed E-state index contributed by atoms with van der Waals surface area (Å²) in [6.07, 6.45) is 0.749. The molecule has 1 aliphatic rings. The highest BCUT2D eigenvalue weighted by Gasteiger charge is 2.25. The van der Waals surface area contributed by atoms with Crippen molar-refractivity contribution in [3.8, 4) is 0 Å². The Morgan fingerprint density at radius 2 is 2.20 bits per heavy atom. The number of aliphatic carboxylic acids is 1. The quantitative estimate of drug-likeness (QED) is 0.670. The topological polar surface area (TPSA) is 87.7 Å². The molecule has 0 fully saturated rings. The molecule has 0 radical (unpaired) electrons. The molecular formula is C14H18N2O4. The molecule has 0 saturated carbocycles. The van der Waals surface area contributed by atoms with Gasteiger partial charge in [-0.05, 0) is 18.1 Å². The highest BCUT2D eigenvalue weighted by molar-refractivity contribution is 5.86. The van der Waals surface area contributed by atoms with Crippen molar-refractivity contribution in [3.63, 3.8) is 0 Å². The van der Waals surface area contributed by atoms with E-state index in [1.165, 1.54) is 0 Å². The lowest BCUT2D eigenvalue weighted by atomic mass is 9.90. The van der Waals surface area contributed by atoms with Crippen molar-refractivity contribution >= 4 is 17.6 Å². The van der Waals surface area contributed by atoms with E-state index in [4.69, 9.17) is 9.84 Å². The van der Waals surface area contributed by atoms with Crippen LogP contribution in [0.15, 0.2) is 24.3 Å². The van der Waals surface area contributed by atoms with E-state index in [1.54, 1.807) is 0 Å². The van der Waals surface area contributed by atoms with E-state index in [2.05, 4.69) is 10.6 Å². The fraction of sp³-hybridized carbons (Fsp3) is 0.429. The van der Waals surface area contributed by atoms with E-state index in [0.29, 0.717) is 6.54 Å². The second-order valence-electron chi connectivity index (χ2n) is 4.59. The number of carboxylic acid groups (broad SMARTS) is 1. The lowest BCUT2D eigenvalue weighted by Crippen LogP contribution is -2.35. The first-order valence-electron chi connectivity index (χ1n) is 6.58. The number of rotatable bonds is 6. The zero-order valence-electron chi connectivity index (χ0n) is 11.1. The Balaban J connectivity index is 1.83. The Labute approximate surface area is 117 Å². The van der Waals surface area contributed by atoms with E-state index >= 15 is 0 Å². The number of nitrogens with one attached hydrogen (secondary N) is 2. The second kappa shape index (κ2) is 6.91. The van der Waals surface area contributed by atoms with Crippen LogP contribution in [-0.2, 0) is 14.3 Å². The molecule has 20 heavy (non-hydrogen) atoms. The van der Waals surface area contributed by atoms with Crippen LogP contribution in [0.1, 0.15) is 17.9 Å². The predicted molar refractivity (Wildman–Crippen MR) is 73.8 cm³/mol. The summed E-state index contributed by atoms with van der Waals surface area (Å²) in [6.45, 7) is 0.944. The SMILES string of the molecule is O=C(O)COCCNC(=O)C1CCNc2ccccc21. The molecule has 1 heterocycles. The lowest BCUT2D eigenvalue weighted by molar-refractivity contribution is -0.142. The molecule has 108 valence electrons. The number of carboxylic acids is 1. The van der Waals surface area contributed by atoms with Gasteiger partial charge in [-0.15, -0.1) is 0 Å². The van der Waals surface area contributed by atoms with E-state index in [-0.39, 0.29) is 25.0 Å². The Morgan fingerprint density at radius 1 is 1.40 bits per heavy atom. The van der Waals surface area contributed by atoms with Gasteiger partial charge < -0.3 is 20.5 Å². The van der Waals surface area contributed by atoms with E-state index in [0.717, 1.165) is 24.2 Å². The maximum absolute atomic E-state index is 12.1. The molecule has 0 saturated heterocycles. The number of amides is 1. The van der Waals surface area contributed by atoms with Gasteiger partial charge in [0.05, 0.1) is 12.5 Å². The van der Waals surface area contributed by atoms with Crippen LogP contribution >= 0.6 is 0 Å². The average molecular weight is 278 g/mol. The molecule has 1 aromatic carbocycles. The van der Waals surface area contributed by atoms with Gasteiger partial charge in [0, 0.05) is 18.8 Å². The van der Waals surface area contributed by atoms with Crippen LogP contribution in [0, 0.1) is 0 Å². The van der Waals surface area contributed by atoms with E-state index < -0.39 is 5.97 Å². The number of hydrogen-bond donors (Lipinski definition) is 3. The Kier molecular flexibility index (Phi) is 4.95. The minimum absolute atomic E-state index is 0.0436. The first-order valence-corrected chi connectivity index (χ1v) is 6.58. The lowest BCUT2D eigenvalue weighted by Gasteiger charge is -2.25. The highest BCUT2D eigenvalue weighted by Crippen LogP contribution is 2.31. The van der Waals surface area contributed by atoms with E-state index in [1.807, 2.05) is 24.3 Å². The molecular weight excluding hydrogens is 260 g/mol. The van der Waals surface area contributed by atoms with Gasteiger partial charge in [0.2, 0.25) is 5.91 Å². The predicted octanol–water partition coefficient (Wildman–Crippen LogP) is 0.803. The number of carbonyl (C=O) groups is 2. The van der Waals surface area contributed by atoms with E-state index in [9.17, 15) is 9.59 Å². The van der Waals surface area contributed by atoms with Gasteiger partial charge in [0.1, 0.15) is 6.61 Å². The van der Waals surface area contributed by atoms with Crippen LogP contribution in [0.5, 0.6) is 0 Å². The minimum atomic E-state index is -1.01. The Hall–Kier alpha value is -2.08. The summed E-state index contributed by atoms with van der Waals surface area (Å²) < 4.78 is 4.88. The first-order chi connectivity index (χ1) is 9.68. The van der Waals surface area contributed by atoms with Crippen LogP contribution in [0.2, 0.25) is 0 Å². The summed E-state index contributed by atoms with van der Waals surface area (Å²) in [5.41, 5.74) is 2.00. The van der Waals surface area contributed by atoms with Crippen molar-refractivity contribution in [1.82, 2.24) is 5.32 Å². The summed E-state index contributed by atoms with van der Waals surface area (Å²) in [7, 11) is 0. The maximum Gasteiger partial charge on any atom is 0.329 e.